The molecule has 0 bridgehead atoms. The summed E-state index contributed by atoms with van der Waals surface area (Å²) in [6.45, 7) is 5.44. The van der Waals surface area contributed by atoms with Crippen LogP contribution in [0.2, 0.25) is 0 Å². The van der Waals surface area contributed by atoms with Gasteiger partial charge in [-0.15, -0.1) is 13.2 Å². The molecule has 0 saturated heterocycles. The second-order valence-corrected chi connectivity index (χ2v) is 4.60. The average Bonchev–Trinajstić information content (AvgIpc) is 2.27. The Hall–Kier alpha value is -1.85. The molecule has 0 aliphatic heterocycles. The standard InChI is InChI=1S/C13H13F3N2O/c1-7(2)9-4-10-12(18-8(3)6-17-10)11(5-9)19-13(14,15)16/h4-7H,1-3H3. The zero-order valence-electron chi connectivity index (χ0n) is 10.7. The summed E-state index contributed by atoms with van der Waals surface area (Å²) in [4.78, 5) is 8.18. The van der Waals surface area contributed by atoms with E-state index in [2.05, 4.69) is 14.7 Å². The van der Waals surface area contributed by atoms with Gasteiger partial charge in [0.25, 0.3) is 0 Å². The number of alkyl halides is 3. The number of halogens is 3. The molecule has 0 amide bonds. The highest BCUT2D eigenvalue weighted by atomic mass is 19.4. The Balaban J connectivity index is 2.65. The summed E-state index contributed by atoms with van der Waals surface area (Å²) in [7, 11) is 0. The number of aromatic nitrogens is 2. The van der Waals surface area contributed by atoms with Crippen LogP contribution >= 0.6 is 0 Å². The van der Waals surface area contributed by atoms with E-state index in [4.69, 9.17) is 0 Å². The normalized spacial score (nSPS) is 12.2. The lowest BCUT2D eigenvalue weighted by molar-refractivity contribution is -0.274. The molecule has 2 aromatic rings. The monoisotopic (exact) mass is 270 g/mol. The van der Waals surface area contributed by atoms with E-state index in [1.54, 1.807) is 13.0 Å². The first-order chi connectivity index (χ1) is 8.76. The minimum Gasteiger partial charge on any atom is -0.403 e. The summed E-state index contributed by atoms with van der Waals surface area (Å²) in [6, 6.07) is 3.10. The number of aryl methyl sites for hydroxylation is 1. The van der Waals surface area contributed by atoms with Crippen LogP contribution in [0.4, 0.5) is 13.2 Å². The second kappa shape index (κ2) is 4.68. The van der Waals surface area contributed by atoms with Crippen molar-refractivity contribution in [2.24, 2.45) is 0 Å². The smallest absolute Gasteiger partial charge is 0.403 e. The summed E-state index contributed by atoms with van der Waals surface area (Å²) in [5.74, 6) is -0.229. The van der Waals surface area contributed by atoms with Crippen LogP contribution in [0.1, 0.15) is 31.0 Å². The van der Waals surface area contributed by atoms with E-state index in [0.29, 0.717) is 11.2 Å². The van der Waals surface area contributed by atoms with Gasteiger partial charge in [-0.2, -0.15) is 0 Å². The molecule has 1 aromatic carbocycles. The van der Waals surface area contributed by atoms with E-state index in [1.807, 2.05) is 13.8 Å². The SMILES string of the molecule is Cc1cnc2cc(C(C)C)cc(OC(F)(F)F)c2n1. The van der Waals surface area contributed by atoms with E-state index in [-0.39, 0.29) is 17.2 Å². The highest BCUT2D eigenvalue weighted by Gasteiger charge is 2.32. The third-order valence-corrected chi connectivity index (χ3v) is 2.65. The first-order valence-electron chi connectivity index (χ1n) is 5.79. The summed E-state index contributed by atoms with van der Waals surface area (Å²) in [5, 5.41) is 0. The van der Waals surface area contributed by atoms with Crippen molar-refractivity contribution in [3.8, 4) is 5.75 Å². The molecule has 0 spiro atoms. The average molecular weight is 270 g/mol. The number of benzene rings is 1. The van der Waals surface area contributed by atoms with Crippen molar-refractivity contribution in [3.05, 3.63) is 29.6 Å². The van der Waals surface area contributed by atoms with Crippen LogP contribution in [0.5, 0.6) is 5.75 Å². The lowest BCUT2D eigenvalue weighted by Gasteiger charge is -2.14. The molecule has 19 heavy (non-hydrogen) atoms. The Morgan fingerprint density at radius 1 is 1.21 bits per heavy atom. The second-order valence-electron chi connectivity index (χ2n) is 4.60. The predicted octanol–water partition coefficient (Wildman–Crippen LogP) is 3.96. The summed E-state index contributed by atoms with van der Waals surface area (Å²) >= 11 is 0. The van der Waals surface area contributed by atoms with Gasteiger partial charge in [-0.25, -0.2) is 4.98 Å². The van der Waals surface area contributed by atoms with Gasteiger partial charge in [0.2, 0.25) is 0 Å². The quantitative estimate of drug-likeness (QED) is 0.828. The van der Waals surface area contributed by atoms with Crippen molar-refractivity contribution in [3.63, 3.8) is 0 Å². The molecule has 0 fully saturated rings. The lowest BCUT2D eigenvalue weighted by atomic mass is 10.0. The Bertz CT molecular complexity index is 609. The number of rotatable bonds is 2. The van der Waals surface area contributed by atoms with Gasteiger partial charge < -0.3 is 4.74 Å². The first-order valence-corrected chi connectivity index (χ1v) is 5.79. The third-order valence-electron chi connectivity index (χ3n) is 2.65. The van der Waals surface area contributed by atoms with Crippen molar-refractivity contribution < 1.29 is 17.9 Å². The van der Waals surface area contributed by atoms with Crippen molar-refractivity contribution in [1.82, 2.24) is 9.97 Å². The van der Waals surface area contributed by atoms with Gasteiger partial charge in [-0.3, -0.25) is 4.98 Å². The number of hydrogen-bond donors (Lipinski definition) is 0. The predicted molar refractivity (Wildman–Crippen MR) is 65.0 cm³/mol. The molecule has 1 heterocycles. The van der Waals surface area contributed by atoms with Crippen molar-refractivity contribution in [2.75, 3.05) is 0 Å². The third kappa shape index (κ3) is 3.13. The van der Waals surface area contributed by atoms with E-state index < -0.39 is 6.36 Å². The molecule has 0 aliphatic carbocycles. The fraction of sp³-hybridized carbons (Fsp3) is 0.385. The minimum absolute atomic E-state index is 0.0723. The molecule has 2 rings (SSSR count). The topological polar surface area (TPSA) is 35.0 Å². The van der Waals surface area contributed by atoms with Crippen LogP contribution < -0.4 is 4.74 Å². The van der Waals surface area contributed by atoms with Gasteiger partial charge in [0.1, 0.15) is 5.52 Å². The maximum Gasteiger partial charge on any atom is 0.573 e. The van der Waals surface area contributed by atoms with Gasteiger partial charge in [-0.1, -0.05) is 13.8 Å². The minimum atomic E-state index is -4.74. The highest BCUT2D eigenvalue weighted by molar-refractivity contribution is 5.82. The molecule has 0 aliphatic rings. The van der Waals surface area contributed by atoms with Crippen LogP contribution in [0.15, 0.2) is 18.3 Å². The molecule has 0 unspecified atom stereocenters. The summed E-state index contributed by atoms with van der Waals surface area (Å²) in [5.41, 5.74) is 1.79. The van der Waals surface area contributed by atoms with Gasteiger partial charge in [0.15, 0.2) is 5.75 Å². The number of hydrogen-bond acceptors (Lipinski definition) is 3. The van der Waals surface area contributed by atoms with Gasteiger partial charge >= 0.3 is 6.36 Å². The Labute approximate surface area is 108 Å². The number of nitrogens with zero attached hydrogens (tertiary/aromatic N) is 2. The molecule has 0 radical (unpaired) electrons. The van der Waals surface area contributed by atoms with Crippen molar-refractivity contribution in [2.45, 2.75) is 33.1 Å². The zero-order valence-corrected chi connectivity index (χ0v) is 10.7. The fourth-order valence-corrected chi connectivity index (χ4v) is 1.73. The van der Waals surface area contributed by atoms with E-state index >= 15 is 0 Å². The van der Waals surface area contributed by atoms with Crippen LogP contribution in [0.25, 0.3) is 11.0 Å². The van der Waals surface area contributed by atoms with Crippen molar-refractivity contribution >= 4 is 11.0 Å². The molecular formula is C13H13F3N2O. The largest absolute Gasteiger partial charge is 0.573 e. The van der Waals surface area contributed by atoms with Gasteiger partial charge in [0.05, 0.1) is 11.2 Å². The number of fused-ring (bicyclic) bond motifs is 1. The Morgan fingerprint density at radius 2 is 1.89 bits per heavy atom. The maximum absolute atomic E-state index is 12.4. The number of ether oxygens (including phenoxy) is 1. The molecule has 0 N–H and O–H groups in total. The molecule has 1 aromatic heterocycles. The van der Waals surface area contributed by atoms with Crippen LogP contribution in [-0.4, -0.2) is 16.3 Å². The fourth-order valence-electron chi connectivity index (χ4n) is 1.73. The molecule has 6 heteroatoms. The van der Waals surface area contributed by atoms with Crippen LogP contribution in [0, 0.1) is 6.92 Å². The van der Waals surface area contributed by atoms with Crippen LogP contribution in [0.3, 0.4) is 0 Å². The highest BCUT2D eigenvalue weighted by Crippen LogP contribution is 2.32. The maximum atomic E-state index is 12.4. The first kappa shape index (κ1) is 13.6. The van der Waals surface area contributed by atoms with Crippen LogP contribution in [-0.2, 0) is 0 Å². The molecule has 102 valence electrons. The molecular weight excluding hydrogens is 257 g/mol. The Kier molecular flexibility index (Phi) is 3.34. The van der Waals surface area contributed by atoms with Crippen molar-refractivity contribution in [1.29, 1.82) is 0 Å². The zero-order chi connectivity index (χ0) is 14.2. The summed E-state index contributed by atoms with van der Waals surface area (Å²) in [6.07, 6.45) is -3.22. The lowest BCUT2D eigenvalue weighted by Crippen LogP contribution is -2.18. The van der Waals surface area contributed by atoms with Gasteiger partial charge in [-0.05, 0) is 30.5 Å². The molecule has 3 nitrogen and oxygen atoms in total. The molecule has 0 saturated carbocycles. The summed E-state index contributed by atoms with van der Waals surface area (Å²) < 4.78 is 41.4. The van der Waals surface area contributed by atoms with E-state index in [1.165, 1.54) is 12.3 Å². The molecule has 0 atom stereocenters. The van der Waals surface area contributed by atoms with E-state index in [9.17, 15) is 13.2 Å². The van der Waals surface area contributed by atoms with E-state index in [0.717, 1.165) is 5.56 Å². The van der Waals surface area contributed by atoms with Gasteiger partial charge in [0, 0.05) is 6.20 Å². The Morgan fingerprint density at radius 3 is 2.47 bits per heavy atom.